The predicted octanol–water partition coefficient (Wildman–Crippen LogP) is 3.23. The lowest BCUT2D eigenvalue weighted by molar-refractivity contribution is 0.0523. The maximum Gasteiger partial charge on any atom is 0.407 e. The normalized spacial score (nSPS) is 11.6. The van der Waals surface area contributed by atoms with Crippen LogP contribution in [0.15, 0.2) is 30.6 Å². The van der Waals surface area contributed by atoms with E-state index in [9.17, 15) is 13.6 Å². The molecule has 0 fully saturated rings. The van der Waals surface area contributed by atoms with Crippen LogP contribution in [-0.2, 0) is 11.3 Å². The number of halogens is 2. The molecule has 23 heavy (non-hydrogen) atoms. The van der Waals surface area contributed by atoms with Gasteiger partial charge in [-0.25, -0.2) is 23.2 Å². The Morgan fingerprint density at radius 2 is 2.09 bits per heavy atom. The number of nitrogens with zero attached hydrogens (tertiary/aromatic N) is 3. The molecule has 1 amide bonds. The summed E-state index contributed by atoms with van der Waals surface area (Å²) in [6, 6.07) is 4.60. The minimum atomic E-state index is -2.62. The monoisotopic (exact) mass is 324 g/mol. The van der Waals surface area contributed by atoms with Crippen LogP contribution in [0.4, 0.5) is 13.6 Å². The minimum Gasteiger partial charge on any atom is -0.444 e. The Morgan fingerprint density at radius 1 is 1.35 bits per heavy atom. The molecule has 2 rings (SSSR count). The van der Waals surface area contributed by atoms with Crippen molar-refractivity contribution in [3.8, 4) is 5.82 Å². The summed E-state index contributed by atoms with van der Waals surface area (Å²) in [6.07, 6.45) is -0.178. The maximum atomic E-state index is 12.5. The Hall–Kier alpha value is -2.51. The zero-order valence-electron chi connectivity index (χ0n) is 13.1. The first kappa shape index (κ1) is 16.9. The van der Waals surface area contributed by atoms with Gasteiger partial charge in [-0.2, -0.15) is 5.10 Å². The number of hydrogen-bond donors (Lipinski definition) is 1. The molecule has 0 spiro atoms. The molecule has 124 valence electrons. The topological polar surface area (TPSA) is 69.0 Å². The molecule has 0 aliphatic rings. The smallest absolute Gasteiger partial charge is 0.407 e. The summed E-state index contributed by atoms with van der Waals surface area (Å²) in [5, 5.41) is 6.35. The van der Waals surface area contributed by atoms with Gasteiger partial charge in [0.15, 0.2) is 5.82 Å². The highest BCUT2D eigenvalue weighted by atomic mass is 19.3. The van der Waals surface area contributed by atoms with Crippen LogP contribution in [0.1, 0.15) is 38.5 Å². The van der Waals surface area contributed by atoms with Crippen LogP contribution in [0.3, 0.4) is 0 Å². The Bertz CT molecular complexity index is 663. The summed E-state index contributed by atoms with van der Waals surface area (Å²) in [6.45, 7) is 5.59. The third-order valence-corrected chi connectivity index (χ3v) is 2.71. The molecule has 0 aliphatic carbocycles. The zero-order chi connectivity index (χ0) is 17.0. The van der Waals surface area contributed by atoms with Gasteiger partial charge in [0.1, 0.15) is 11.3 Å². The lowest BCUT2D eigenvalue weighted by atomic mass is 10.2. The maximum absolute atomic E-state index is 12.5. The second kappa shape index (κ2) is 6.72. The number of pyridine rings is 1. The van der Waals surface area contributed by atoms with Crippen molar-refractivity contribution in [3.05, 3.63) is 41.9 Å². The van der Waals surface area contributed by atoms with E-state index in [1.807, 2.05) is 0 Å². The molecule has 2 aromatic heterocycles. The second-order valence-corrected chi connectivity index (χ2v) is 5.87. The molecule has 0 aromatic carbocycles. The highest BCUT2D eigenvalue weighted by molar-refractivity contribution is 5.67. The standard InChI is InChI=1S/C15H18F2N4O2/c1-15(2,3)23-14(22)19-9-10-4-5-12(18-8-10)21-7-6-11(20-21)13(16)17/h4-8,13H,9H2,1-3H3,(H,19,22). The summed E-state index contributed by atoms with van der Waals surface area (Å²) in [4.78, 5) is 15.7. The van der Waals surface area contributed by atoms with Crippen LogP contribution >= 0.6 is 0 Å². The summed E-state index contributed by atoms with van der Waals surface area (Å²) in [5.41, 5.74) is -0.113. The molecule has 0 radical (unpaired) electrons. The molecule has 6 nitrogen and oxygen atoms in total. The fourth-order valence-electron chi connectivity index (χ4n) is 1.73. The van der Waals surface area contributed by atoms with Crippen molar-refractivity contribution >= 4 is 6.09 Å². The molecular weight excluding hydrogens is 306 g/mol. The van der Waals surface area contributed by atoms with E-state index >= 15 is 0 Å². The molecule has 2 heterocycles. The van der Waals surface area contributed by atoms with Gasteiger partial charge in [-0.1, -0.05) is 6.07 Å². The molecule has 0 atom stereocenters. The Balaban J connectivity index is 1.95. The van der Waals surface area contributed by atoms with Crippen molar-refractivity contribution in [2.45, 2.75) is 39.3 Å². The van der Waals surface area contributed by atoms with E-state index in [2.05, 4.69) is 15.4 Å². The fraction of sp³-hybridized carbons (Fsp3) is 0.400. The van der Waals surface area contributed by atoms with Crippen molar-refractivity contribution in [2.24, 2.45) is 0 Å². The molecule has 0 bridgehead atoms. The summed E-state index contributed by atoms with van der Waals surface area (Å²) < 4.78 is 31.4. The number of alkyl halides is 2. The van der Waals surface area contributed by atoms with Gasteiger partial charge in [-0.15, -0.1) is 0 Å². The highest BCUT2D eigenvalue weighted by Gasteiger charge is 2.16. The van der Waals surface area contributed by atoms with Gasteiger partial charge >= 0.3 is 6.09 Å². The van der Waals surface area contributed by atoms with Crippen LogP contribution in [0.5, 0.6) is 0 Å². The number of carbonyl (C=O) groups is 1. The molecule has 8 heteroatoms. The molecule has 0 saturated heterocycles. The predicted molar refractivity (Wildman–Crippen MR) is 79.4 cm³/mol. The van der Waals surface area contributed by atoms with E-state index in [0.29, 0.717) is 5.82 Å². The fourth-order valence-corrected chi connectivity index (χ4v) is 1.73. The lowest BCUT2D eigenvalue weighted by Gasteiger charge is -2.19. The van der Waals surface area contributed by atoms with Crippen LogP contribution in [0.2, 0.25) is 0 Å². The number of amides is 1. The number of nitrogens with one attached hydrogen (secondary N) is 1. The quantitative estimate of drug-likeness (QED) is 0.937. The highest BCUT2D eigenvalue weighted by Crippen LogP contribution is 2.17. The van der Waals surface area contributed by atoms with Gasteiger partial charge in [0, 0.05) is 18.9 Å². The van der Waals surface area contributed by atoms with Gasteiger partial charge in [0.25, 0.3) is 6.43 Å². The van der Waals surface area contributed by atoms with Gasteiger partial charge in [-0.05, 0) is 38.5 Å². The second-order valence-electron chi connectivity index (χ2n) is 5.87. The lowest BCUT2D eigenvalue weighted by Crippen LogP contribution is -2.32. The SMILES string of the molecule is CC(C)(C)OC(=O)NCc1ccc(-n2ccc(C(F)F)n2)nc1. The van der Waals surface area contributed by atoms with Gasteiger partial charge < -0.3 is 10.1 Å². The average Bonchev–Trinajstić information content (AvgIpc) is 2.94. The number of aromatic nitrogens is 3. The van der Waals surface area contributed by atoms with Crippen LogP contribution in [0.25, 0.3) is 5.82 Å². The average molecular weight is 324 g/mol. The first-order valence-electron chi connectivity index (χ1n) is 7.00. The van der Waals surface area contributed by atoms with Crippen molar-refractivity contribution in [1.29, 1.82) is 0 Å². The summed E-state index contributed by atoms with van der Waals surface area (Å²) in [5.74, 6) is 0.415. The number of rotatable bonds is 4. The Kier molecular flexibility index (Phi) is 4.92. The molecule has 2 aromatic rings. The first-order valence-corrected chi connectivity index (χ1v) is 7.00. The van der Waals surface area contributed by atoms with E-state index in [4.69, 9.17) is 4.74 Å². The number of carbonyl (C=O) groups excluding carboxylic acids is 1. The minimum absolute atomic E-state index is 0.254. The zero-order valence-corrected chi connectivity index (χ0v) is 13.1. The third kappa shape index (κ3) is 5.01. The molecule has 1 N–H and O–H groups in total. The van der Waals surface area contributed by atoms with E-state index < -0.39 is 18.1 Å². The molecular formula is C15H18F2N4O2. The van der Waals surface area contributed by atoms with E-state index in [1.165, 1.54) is 23.1 Å². The van der Waals surface area contributed by atoms with Crippen molar-refractivity contribution in [1.82, 2.24) is 20.1 Å². The summed E-state index contributed by atoms with van der Waals surface area (Å²) in [7, 11) is 0. The van der Waals surface area contributed by atoms with Crippen molar-refractivity contribution < 1.29 is 18.3 Å². The van der Waals surface area contributed by atoms with Crippen LogP contribution < -0.4 is 5.32 Å². The van der Waals surface area contributed by atoms with Crippen molar-refractivity contribution in [2.75, 3.05) is 0 Å². The van der Waals surface area contributed by atoms with Gasteiger partial charge in [0.2, 0.25) is 0 Å². The summed E-state index contributed by atoms with van der Waals surface area (Å²) >= 11 is 0. The third-order valence-electron chi connectivity index (χ3n) is 2.71. The van der Waals surface area contributed by atoms with E-state index in [-0.39, 0.29) is 12.2 Å². The van der Waals surface area contributed by atoms with Crippen LogP contribution in [0, 0.1) is 0 Å². The molecule has 0 aliphatic heterocycles. The van der Waals surface area contributed by atoms with Crippen molar-refractivity contribution in [3.63, 3.8) is 0 Å². The van der Waals surface area contributed by atoms with E-state index in [1.54, 1.807) is 32.9 Å². The van der Waals surface area contributed by atoms with E-state index in [0.717, 1.165) is 5.56 Å². The van der Waals surface area contributed by atoms with Gasteiger partial charge in [0.05, 0.1) is 0 Å². The number of alkyl carbamates (subject to hydrolysis) is 1. The number of ether oxygens (including phenoxy) is 1. The van der Waals surface area contributed by atoms with Gasteiger partial charge in [-0.3, -0.25) is 0 Å². The Labute approximate surface area is 132 Å². The molecule has 0 saturated carbocycles. The first-order chi connectivity index (χ1) is 10.7. The number of hydrogen-bond acceptors (Lipinski definition) is 4. The molecule has 0 unspecified atom stereocenters. The Morgan fingerprint density at radius 3 is 2.61 bits per heavy atom. The van der Waals surface area contributed by atoms with Crippen LogP contribution in [-0.4, -0.2) is 26.5 Å². The largest absolute Gasteiger partial charge is 0.444 e.